The first-order chi connectivity index (χ1) is 9.92. The maximum atomic E-state index is 12.2. The molecule has 0 spiro atoms. The minimum Gasteiger partial charge on any atom is -0.490 e. The summed E-state index contributed by atoms with van der Waals surface area (Å²) < 4.78 is 11.5. The van der Waals surface area contributed by atoms with E-state index in [1.165, 1.54) is 0 Å². The molecule has 2 aliphatic rings. The average Bonchev–Trinajstić information content (AvgIpc) is 2.97. The molecule has 2 bridgehead atoms. The van der Waals surface area contributed by atoms with Crippen molar-refractivity contribution in [1.29, 1.82) is 0 Å². The first kappa shape index (κ1) is 14.2. The van der Waals surface area contributed by atoms with Gasteiger partial charge >= 0.3 is 6.09 Å². The van der Waals surface area contributed by atoms with Gasteiger partial charge in [0.25, 0.3) is 0 Å². The van der Waals surface area contributed by atoms with Crippen LogP contribution in [-0.2, 0) is 4.74 Å². The summed E-state index contributed by atoms with van der Waals surface area (Å²) in [6.45, 7) is 6.42. The number of rotatable bonds is 2. The van der Waals surface area contributed by atoms with Crippen LogP contribution in [0, 0.1) is 5.92 Å². The lowest BCUT2D eigenvalue weighted by molar-refractivity contribution is 0.0105. The smallest absolute Gasteiger partial charge is 0.410 e. The van der Waals surface area contributed by atoms with Crippen LogP contribution in [0.2, 0.25) is 0 Å². The standard InChI is InChI=1S/C16H22N2O3/c1-16(2,3)21-15(19)18-10-11-8-12(18)9-14(11)20-13-4-6-17-7-5-13/h4-7,11-12,14H,8-10H2,1-3H3/t11?,12-,14-/m0/s1. The van der Waals surface area contributed by atoms with Gasteiger partial charge in [-0.3, -0.25) is 4.98 Å². The number of hydrogen-bond donors (Lipinski definition) is 0. The van der Waals surface area contributed by atoms with Crippen LogP contribution in [0.1, 0.15) is 33.6 Å². The highest BCUT2D eigenvalue weighted by Gasteiger charge is 2.48. The molecule has 1 aromatic rings. The predicted molar refractivity (Wildman–Crippen MR) is 78.1 cm³/mol. The zero-order valence-corrected chi connectivity index (χ0v) is 12.8. The molecule has 0 N–H and O–H groups in total. The average molecular weight is 290 g/mol. The number of likely N-dealkylation sites (tertiary alicyclic amines) is 1. The molecule has 1 unspecified atom stereocenters. The van der Waals surface area contributed by atoms with Gasteiger partial charge < -0.3 is 14.4 Å². The summed E-state index contributed by atoms with van der Waals surface area (Å²) in [4.78, 5) is 18.0. The predicted octanol–water partition coefficient (Wildman–Crippen LogP) is 2.86. The molecule has 5 nitrogen and oxygen atoms in total. The van der Waals surface area contributed by atoms with Crippen molar-refractivity contribution in [2.24, 2.45) is 5.92 Å². The van der Waals surface area contributed by atoms with Crippen molar-refractivity contribution in [3.8, 4) is 5.75 Å². The number of amides is 1. The molecule has 2 fully saturated rings. The van der Waals surface area contributed by atoms with Gasteiger partial charge in [0, 0.05) is 37.3 Å². The molecule has 114 valence electrons. The van der Waals surface area contributed by atoms with E-state index in [4.69, 9.17) is 9.47 Å². The van der Waals surface area contributed by atoms with Crippen LogP contribution >= 0.6 is 0 Å². The molecule has 1 aliphatic carbocycles. The minimum absolute atomic E-state index is 0.191. The summed E-state index contributed by atoms with van der Waals surface area (Å²) in [7, 11) is 0. The van der Waals surface area contributed by atoms with Gasteiger partial charge in [0.15, 0.2) is 0 Å². The Hall–Kier alpha value is -1.78. The summed E-state index contributed by atoms with van der Waals surface area (Å²) in [5.74, 6) is 1.25. The van der Waals surface area contributed by atoms with Gasteiger partial charge in [-0.15, -0.1) is 0 Å². The lowest BCUT2D eigenvalue weighted by Crippen LogP contribution is -2.45. The summed E-state index contributed by atoms with van der Waals surface area (Å²) in [5.41, 5.74) is -0.439. The molecule has 1 saturated carbocycles. The quantitative estimate of drug-likeness (QED) is 0.840. The largest absolute Gasteiger partial charge is 0.490 e. The third-order valence-corrected chi connectivity index (χ3v) is 4.04. The van der Waals surface area contributed by atoms with Crippen LogP contribution in [0.4, 0.5) is 4.79 Å². The molecule has 1 aromatic heterocycles. The molecule has 3 rings (SSSR count). The first-order valence-corrected chi connectivity index (χ1v) is 7.49. The topological polar surface area (TPSA) is 51.7 Å². The van der Waals surface area contributed by atoms with E-state index in [1.54, 1.807) is 12.4 Å². The fourth-order valence-electron chi connectivity index (χ4n) is 3.19. The molecule has 1 saturated heterocycles. The number of hydrogen-bond acceptors (Lipinski definition) is 4. The monoisotopic (exact) mass is 290 g/mol. The second kappa shape index (κ2) is 5.20. The van der Waals surface area contributed by atoms with Gasteiger partial charge in [-0.1, -0.05) is 0 Å². The lowest BCUT2D eigenvalue weighted by atomic mass is 10.1. The maximum absolute atomic E-state index is 12.2. The normalized spacial score (nSPS) is 27.8. The van der Waals surface area contributed by atoms with Gasteiger partial charge in [0.1, 0.15) is 17.5 Å². The van der Waals surface area contributed by atoms with Gasteiger partial charge in [0.05, 0.1) is 0 Å². The third-order valence-electron chi connectivity index (χ3n) is 4.04. The van der Waals surface area contributed by atoms with Crippen LogP contribution in [0.25, 0.3) is 0 Å². The Labute approximate surface area is 125 Å². The molecular weight excluding hydrogens is 268 g/mol. The highest BCUT2D eigenvalue weighted by Crippen LogP contribution is 2.40. The number of aromatic nitrogens is 1. The molecule has 1 aliphatic heterocycles. The Morgan fingerprint density at radius 2 is 2.00 bits per heavy atom. The van der Waals surface area contributed by atoms with Crippen LogP contribution in [0.15, 0.2) is 24.5 Å². The van der Waals surface area contributed by atoms with Gasteiger partial charge in [-0.2, -0.15) is 0 Å². The zero-order chi connectivity index (χ0) is 15.0. The molecule has 3 atom stereocenters. The van der Waals surface area contributed by atoms with Crippen molar-refractivity contribution in [3.63, 3.8) is 0 Å². The highest BCUT2D eigenvalue weighted by atomic mass is 16.6. The number of pyridine rings is 1. The summed E-state index contributed by atoms with van der Waals surface area (Å²) in [6.07, 6.45) is 5.35. The third kappa shape index (κ3) is 3.12. The number of fused-ring (bicyclic) bond motifs is 2. The fourth-order valence-corrected chi connectivity index (χ4v) is 3.19. The van der Waals surface area contributed by atoms with Crippen LogP contribution in [0.5, 0.6) is 5.75 Å². The SMILES string of the molecule is CC(C)(C)OC(=O)N1CC2C[C@H]1C[C@@H]2Oc1ccncc1. The van der Waals surface area contributed by atoms with Crippen molar-refractivity contribution in [3.05, 3.63) is 24.5 Å². The van der Waals surface area contributed by atoms with E-state index < -0.39 is 5.60 Å². The van der Waals surface area contributed by atoms with Crippen molar-refractivity contribution in [2.45, 2.75) is 51.4 Å². The number of carbonyl (C=O) groups excluding carboxylic acids is 1. The summed E-state index contributed by atoms with van der Waals surface area (Å²) in [5, 5.41) is 0. The van der Waals surface area contributed by atoms with Crippen molar-refractivity contribution in [2.75, 3.05) is 6.54 Å². The fraction of sp³-hybridized carbons (Fsp3) is 0.625. The number of ether oxygens (including phenoxy) is 2. The summed E-state index contributed by atoms with van der Waals surface area (Å²) in [6, 6.07) is 3.99. The van der Waals surface area contributed by atoms with E-state index in [1.807, 2.05) is 37.8 Å². The first-order valence-electron chi connectivity index (χ1n) is 7.49. The Morgan fingerprint density at radius 3 is 2.57 bits per heavy atom. The van der Waals surface area contributed by atoms with Crippen molar-refractivity contribution < 1.29 is 14.3 Å². The van der Waals surface area contributed by atoms with E-state index in [-0.39, 0.29) is 18.2 Å². The number of piperidine rings is 1. The molecule has 21 heavy (non-hydrogen) atoms. The van der Waals surface area contributed by atoms with Gasteiger partial charge in [-0.25, -0.2) is 4.79 Å². The zero-order valence-electron chi connectivity index (χ0n) is 12.8. The number of carbonyl (C=O) groups is 1. The van der Waals surface area contributed by atoms with Crippen molar-refractivity contribution in [1.82, 2.24) is 9.88 Å². The Kier molecular flexibility index (Phi) is 3.51. The molecule has 5 heteroatoms. The Balaban J connectivity index is 1.58. The lowest BCUT2D eigenvalue weighted by Gasteiger charge is -2.33. The maximum Gasteiger partial charge on any atom is 0.410 e. The molecule has 0 aromatic carbocycles. The van der Waals surface area contributed by atoms with E-state index >= 15 is 0 Å². The van der Waals surface area contributed by atoms with E-state index in [0.29, 0.717) is 5.92 Å². The molecule has 0 radical (unpaired) electrons. The Bertz CT molecular complexity index is 512. The van der Waals surface area contributed by atoms with Gasteiger partial charge in [0.2, 0.25) is 0 Å². The van der Waals surface area contributed by atoms with Crippen LogP contribution in [0.3, 0.4) is 0 Å². The highest BCUT2D eigenvalue weighted by molar-refractivity contribution is 5.69. The van der Waals surface area contributed by atoms with E-state index in [9.17, 15) is 4.79 Å². The van der Waals surface area contributed by atoms with Crippen molar-refractivity contribution >= 4 is 6.09 Å². The molecular formula is C16H22N2O3. The molecule has 1 amide bonds. The van der Waals surface area contributed by atoms with E-state index in [2.05, 4.69) is 4.98 Å². The molecule has 2 heterocycles. The number of nitrogens with zero attached hydrogens (tertiary/aromatic N) is 2. The van der Waals surface area contributed by atoms with Gasteiger partial charge in [-0.05, 0) is 39.3 Å². The Morgan fingerprint density at radius 1 is 1.29 bits per heavy atom. The van der Waals surface area contributed by atoms with Crippen LogP contribution < -0.4 is 4.74 Å². The summed E-state index contributed by atoms with van der Waals surface area (Å²) >= 11 is 0. The van der Waals surface area contributed by atoms with Crippen LogP contribution in [-0.4, -0.2) is 40.3 Å². The minimum atomic E-state index is -0.439. The second-order valence-corrected chi connectivity index (χ2v) is 6.86. The second-order valence-electron chi connectivity index (χ2n) is 6.86. The van der Waals surface area contributed by atoms with E-state index in [0.717, 1.165) is 25.1 Å².